The molecule has 112 valence electrons. The molecule has 1 atom stereocenters. The molecular weight excluding hydrogens is 359 g/mol. The Morgan fingerprint density at radius 1 is 1.30 bits per heavy atom. The van der Waals surface area contributed by atoms with Crippen molar-refractivity contribution >= 4 is 33.1 Å². The van der Waals surface area contributed by atoms with Crippen LogP contribution in [0.2, 0.25) is 0 Å². The van der Waals surface area contributed by atoms with Crippen LogP contribution >= 0.6 is 15.9 Å². The van der Waals surface area contributed by atoms with E-state index in [0.29, 0.717) is 10.0 Å². The van der Waals surface area contributed by atoms with Crippen molar-refractivity contribution in [1.29, 1.82) is 0 Å². The summed E-state index contributed by atoms with van der Waals surface area (Å²) in [6, 6.07) is 3.74. The van der Waals surface area contributed by atoms with E-state index >= 15 is 0 Å². The predicted octanol–water partition coefficient (Wildman–Crippen LogP) is 4.23. The molecule has 0 amide bonds. The first kappa shape index (κ1) is 17.2. The zero-order valence-electron chi connectivity index (χ0n) is 11.0. The van der Waals surface area contributed by atoms with Gasteiger partial charge in [-0.2, -0.15) is 4.40 Å². The quantitative estimate of drug-likeness (QED) is 0.745. The van der Waals surface area contributed by atoms with Crippen LogP contribution in [0.1, 0.15) is 26.3 Å². The van der Waals surface area contributed by atoms with Crippen molar-refractivity contribution in [2.45, 2.75) is 31.9 Å². The molecule has 0 aromatic heterocycles. The number of alkyl halides is 3. The highest BCUT2D eigenvalue weighted by Gasteiger charge is 2.31. The van der Waals surface area contributed by atoms with E-state index in [9.17, 15) is 17.4 Å². The average Bonchev–Trinajstić information content (AvgIpc) is 2.23. The van der Waals surface area contributed by atoms with Gasteiger partial charge in [0, 0.05) is 16.3 Å². The molecule has 0 aliphatic rings. The predicted molar refractivity (Wildman–Crippen MR) is 76.3 cm³/mol. The molecular formula is C12H13BrF3NO2S. The van der Waals surface area contributed by atoms with Crippen molar-refractivity contribution in [2.24, 2.45) is 4.40 Å². The Morgan fingerprint density at radius 2 is 1.90 bits per heavy atom. The highest BCUT2D eigenvalue weighted by molar-refractivity contribution is 9.10. The SMILES string of the molecule is CC(C)(C)[S@@](=O)/N=C/c1ccc(OC(F)(F)F)cc1Br. The van der Waals surface area contributed by atoms with Gasteiger partial charge < -0.3 is 4.74 Å². The van der Waals surface area contributed by atoms with Gasteiger partial charge in [0.05, 0.1) is 4.75 Å². The monoisotopic (exact) mass is 371 g/mol. The fourth-order valence-corrected chi connectivity index (χ4v) is 2.06. The second-order valence-corrected chi connectivity index (χ2v) is 7.62. The number of halogens is 4. The van der Waals surface area contributed by atoms with Crippen LogP contribution in [-0.4, -0.2) is 21.5 Å². The van der Waals surface area contributed by atoms with E-state index in [4.69, 9.17) is 0 Å². The maximum atomic E-state index is 12.1. The number of ether oxygens (including phenoxy) is 1. The van der Waals surface area contributed by atoms with Gasteiger partial charge in [-0.25, -0.2) is 4.21 Å². The molecule has 20 heavy (non-hydrogen) atoms. The Labute approximate surface area is 126 Å². The second kappa shape index (κ2) is 6.26. The zero-order valence-corrected chi connectivity index (χ0v) is 13.4. The Balaban J connectivity index is 2.89. The topological polar surface area (TPSA) is 38.7 Å². The van der Waals surface area contributed by atoms with Crippen LogP contribution in [0, 0.1) is 0 Å². The summed E-state index contributed by atoms with van der Waals surface area (Å²) < 4.78 is 55.4. The highest BCUT2D eigenvalue weighted by Crippen LogP contribution is 2.27. The molecule has 0 radical (unpaired) electrons. The Morgan fingerprint density at radius 3 is 2.35 bits per heavy atom. The lowest BCUT2D eigenvalue weighted by Gasteiger charge is -2.13. The number of nitrogens with zero attached hydrogens (tertiary/aromatic N) is 1. The van der Waals surface area contributed by atoms with Crippen LogP contribution in [0.5, 0.6) is 5.75 Å². The molecule has 0 N–H and O–H groups in total. The molecule has 1 aromatic rings. The number of rotatable bonds is 3. The van der Waals surface area contributed by atoms with Crippen LogP contribution in [0.3, 0.4) is 0 Å². The van der Waals surface area contributed by atoms with Gasteiger partial charge in [-0.05, 0) is 54.9 Å². The van der Waals surface area contributed by atoms with Crippen molar-refractivity contribution in [2.75, 3.05) is 0 Å². The van der Waals surface area contributed by atoms with E-state index in [1.807, 2.05) is 0 Å². The minimum Gasteiger partial charge on any atom is -0.406 e. The first-order valence-corrected chi connectivity index (χ1v) is 7.40. The molecule has 8 heteroatoms. The van der Waals surface area contributed by atoms with Gasteiger partial charge in [-0.15, -0.1) is 13.2 Å². The third-order valence-corrected chi connectivity index (χ3v) is 4.05. The van der Waals surface area contributed by atoms with Crippen LogP contribution < -0.4 is 4.74 Å². The lowest BCUT2D eigenvalue weighted by molar-refractivity contribution is -0.274. The molecule has 0 aliphatic heterocycles. The first-order valence-electron chi connectivity index (χ1n) is 5.50. The van der Waals surface area contributed by atoms with Gasteiger partial charge in [-0.3, -0.25) is 0 Å². The van der Waals surface area contributed by atoms with E-state index in [-0.39, 0.29) is 5.75 Å². The van der Waals surface area contributed by atoms with E-state index in [2.05, 4.69) is 25.1 Å². The lowest BCUT2D eigenvalue weighted by Crippen LogP contribution is -2.19. The molecule has 1 rings (SSSR count). The fourth-order valence-electron chi connectivity index (χ4n) is 1.07. The molecule has 0 bridgehead atoms. The molecule has 0 aliphatic carbocycles. The molecule has 0 saturated heterocycles. The first-order chi connectivity index (χ1) is 8.99. The summed E-state index contributed by atoms with van der Waals surface area (Å²) in [6.45, 7) is 5.32. The smallest absolute Gasteiger partial charge is 0.406 e. The maximum absolute atomic E-state index is 12.1. The fraction of sp³-hybridized carbons (Fsp3) is 0.417. The van der Waals surface area contributed by atoms with E-state index < -0.39 is 22.1 Å². The Bertz CT molecular complexity index is 538. The number of hydrogen-bond donors (Lipinski definition) is 0. The average molecular weight is 372 g/mol. The van der Waals surface area contributed by atoms with Crippen LogP contribution in [0.15, 0.2) is 27.1 Å². The van der Waals surface area contributed by atoms with Crippen LogP contribution in [-0.2, 0) is 11.0 Å². The Hall–Kier alpha value is -0.890. The minimum absolute atomic E-state index is 0.335. The molecule has 0 unspecified atom stereocenters. The summed E-state index contributed by atoms with van der Waals surface area (Å²) in [4.78, 5) is 0. The zero-order chi connectivity index (χ0) is 15.6. The molecule has 1 aromatic carbocycles. The molecule has 0 heterocycles. The minimum atomic E-state index is -4.73. The van der Waals surface area contributed by atoms with Gasteiger partial charge in [0.25, 0.3) is 0 Å². The van der Waals surface area contributed by atoms with Crippen molar-refractivity contribution < 1.29 is 22.1 Å². The molecule has 0 saturated carbocycles. The summed E-state index contributed by atoms with van der Waals surface area (Å²) in [5.41, 5.74) is 0.511. The number of benzene rings is 1. The second-order valence-electron chi connectivity index (χ2n) is 4.83. The van der Waals surface area contributed by atoms with Crippen molar-refractivity contribution in [3.63, 3.8) is 0 Å². The third-order valence-electron chi connectivity index (χ3n) is 2.02. The third kappa shape index (κ3) is 5.62. The maximum Gasteiger partial charge on any atom is 0.573 e. The van der Waals surface area contributed by atoms with Crippen LogP contribution in [0.25, 0.3) is 0 Å². The van der Waals surface area contributed by atoms with E-state index in [1.54, 1.807) is 20.8 Å². The summed E-state index contributed by atoms with van der Waals surface area (Å²) >= 11 is 3.12. The van der Waals surface area contributed by atoms with Crippen molar-refractivity contribution in [1.82, 2.24) is 0 Å². The normalized spacial score (nSPS) is 14.6. The highest BCUT2D eigenvalue weighted by atomic mass is 79.9. The van der Waals surface area contributed by atoms with Gasteiger partial charge in [-0.1, -0.05) is 0 Å². The lowest BCUT2D eigenvalue weighted by atomic mass is 10.2. The van der Waals surface area contributed by atoms with Crippen molar-refractivity contribution in [3.05, 3.63) is 28.2 Å². The summed E-state index contributed by atoms with van der Waals surface area (Å²) in [7, 11) is -1.43. The molecule has 3 nitrogen and oxygen atoms in total. The summed E-state index contributed by atoms with van der Waals surface area (Å²) in [5, 5.41) is 0. The molecule has 0 spiro atoms. The van der Waals surface area contributed by atoms with E-state index in [0.717, 1.165) is 0 Å². The largest absolute Gasteiger partial charge is 0.573 e. The van der Waals surface area contributed by atoms with Crippen molar-refractivity contribution in [3.8, 4) is 5.75 Å². The summed E-state index contributed by atoms with van der Waals surface area (Å²) in [6.07, 6.45) is -3.38. The van der Waals surface area contributed by atoms with Gasteiger partial charge >= 0.3 is 6.36 Å². The van der Waals surface area contributed by atoms with Gasteiger partial charge in [0.2, 0.25) is 0 Å². The standard InChI is InChI=1S/C12H13BrF3NO2S/c1-11(2,3)20(18)17-7-8-4-5-9(6-10(8)13)19-12(14,15)16/h4-7H,1-3H3/b17-7+/t20-/m1/s1. The Kier molecular flexibility index (Phi) is 5.37. The van der Waals surface area contributed by atoms with E-state index in [1.165, 1.54) is 24.4 Å². The van der Waals surface area contributed by atoms with Gasteiger partial charge in [0.1, 0.15) is 16.7 Å². The summed E-state index contributed by atoms with van der Waals surface area (Å²) in [5.74, 6) is -0.335. The molecule has 0 fully saturated rings. The van der Waals surface area contributed by atoms with Crippen LogP contribution in [0.4, 0.5) is 13.2 Å². The van der Waals surface area contributed by atoms with Gasteiger partial charge in [0.15, 0.2) is 0 Å². The number of hydrogen-bond acceptors (Lipinski definition) is 2.